The molecule has 2 atom stereocenters. The maximum Gasteiger partial charge on any atom is 0.449 e. The molecule has 3 aliphatic rings. The Hall–Kier alpha value is -2.58. The molecule has 0 saturated carbocycles. The molecule has 1 aromatic heterocycles. The highest BCUT2D eigenvalue weighted by Gasteiger charge is 2.38. The molecule has 4 heterocycles. The molecule has 1 N–H and O–H groups in total. The van der Waals surface area contributed by atoms with Crippen LogP contribution < -0.4 is 0 Å². The topological polar surface area (TPSA) is 69.3 Å². The number of aromatic nitrogens is 2. The predicted molar refractivity (Wildman–Crippen MR) is 90.9 cm³/mol. The average molecular weight is 380 g/mol. The summed E-state index contributed by atoms with van der Waals surface area (Å²) in [5.41, 5.74) is 0.666. The quantitative estimate of drug-likeness (QED) is 0.827. The van der Waals surface area contributed by atoms with Crippen molar-refractivity contribution in [3.63, 3.8) is 0 Å². The van der Waals surface area contributed by atoms with Gasteiger partial charge in [-0.25, -0.2) is 4.98 Å². The van der Waals surface area contributed by atoms with Crippen LogP contribution in [0.5, 0.6) is 0 Å². The van der Waals surface area contributed by atoms with E-state index >= 15 is 0 Å². The van der Waals surface area contributed by atoms with E-state index in [2.05, 4.69) is 9.97 Å². The smallest absolute Gasteiger partial charge is 0.341 e. The van der Waals surface area contributed by atoms with Gasteiger partial charge in [0.2, 0.25) is 11.7 Å². The van der Waals surface area contributed by atoms with Crippen molar-refractivity contribution in [2.45, 2.75) is 32.0 Å². The number of carbonyl (C=O) groups is 2. The zero-order valence-corrected chi connectivity index (χ0v) is 14.7. The van der Waals surface area contributed by atoms with Gasteiger partial charge in [0.25, 0.3) is 5.91 Å². The number of hydrogen-bond acceptors (Lipinski definition) is 3. The van der Waals surface area contributed by atoms with Gasteiger partial charge < -0.3 is 14.8 Å². The van der Waals surface area contributed by atoms with Gasteiger partial charge in [-0.1, -0.05) is 0 Å². The van der Waals surface area contributed by atoms with Crippen molar-refractivity contribution >= 4 is 22.8 Å². The van der Waals surface area contributed by atoms with Crippen molar-refractivity contribution in [3.05, 3.63) is 29.6 Å². The minimum Gasteiger partial charge on any atom is -0.341 e. The number of nitrogens with zero attached hydrogens (tertiary/aromatic N) is 3. The van der Waals surface area contributed by atoms with Gasteiger partial charge >= 0.3 is 6.18 Å². The van der Waals surface area contributed by atoms with E-state index in [-0.39, 0.29) is 34.8 Å². The first kappa shape index (κ1) is 17.8. The molecule has 5 rings (SSSR count). The fourth-order valence-corrected chi connectivity index (χ4v) is 4.03. The second kappa shape index (κ2) is 6.24. The average Bonchev–Trinajstić information content (AvgIpc) is 2.83. The molecule has 2 aromatic rings. The lowest BCUT2D eigenvalue weighted by atomic mass is 9.94. The Bertz CT molecular complexity index is 908. The zero-order valence-electron chi connectivity index (χ0n) is 14.7. The number of rotatable bonds is 1. The first-order valence-corrected chi connectivity index (χ1v) is 8.86. The van der Waals surface area contributed by atoms with Crippen molar-refractivity contribution in [1.82, 2.24) is 19.8 Å². The number of aromatic amines is 1. The number of H-pyrrole nitrogens is 1. The van der Waals surface area contributed by atoms with Gasteiger partial charge in [-0.2, -0.15) is 13.2 Å². The summed E-state index contributed by atoms with van der Waals surface area (Å²) in [5.74, 6) is -1.07. The van der Waals surface area contributed by atoms with Gasteiger partial charge in [0.15, 0.2) is 0 Å². The van der Waals surface area contributed by atoms with Crippen LogP contribution in [0.2, 0.25) is 0 Å². The SMILES string of the molecule is CC(=O)N1C[C@H]2CC[C@@H](C1)N(C(=O)c1ccc3nc(C(F)(F)F)[nH]c3c1)C2. The van der Waals surface area contributed by atoms with Crippen LogP contribution in [0.4, 0.5) is 13.2 Å². The first-order valence-electron chi connectivity index (χ1n) is 8.86. The number of halogens is 3. The van der Waals surface area contributed by atoms with Crippen molar-refractivity contribution in [3.8, 4) is 0 Å². The molecular formula is C18H19F3N4O2. The predicted octanol–water partition coefficient (Wildman–Crippen LogP) is 2.66. The molecule has 0 radical (unpaired) electrons. The molecule has 0 unspecified atom stereocenters. The van der Waals surface area contributed by atoms with E-state index in [9.17, 15) is 22.8 Å². The summed E-state index contributed by atoms with van der Waals surface area (Å²) < 4.78 is 38.5. The van der Waals surface area contributed by atoms with Crippen molar-refractivity contribution in [2.24, 2.45) is 5.92 Å². The minimum atomic E-state index is -4.57. The highest BCUT2D eigenvalue weighted by molar-refractivity contribution is 5.97. The molecular weight excluding hydrogens is 361 g/mol. The molecule has 3 fully saturated rings. The molecule has 1 aromatic carbocycles. The molecule has 0 spiro atoms. The first-order chi connectivity index (χ1) is 12.7. The normalized spacial score (nSPS) is 23.0. The number of imidazole rings is 1. The number of amides is 2. The molecule has 6 nitrogen and oxygen atoms in total. The molecule has 0 aliphatic carbocycles. The van der Waals surface area contributed by atoms with Gasteiger partial charge in [-0.15, -0.1) is 0 Å². The highest BCUT2D eigenvalue weighted by Crippen LogP contribution is 2.31. The third-order valence-electron chi connectivity index (χ3n) is 5.42. The summed E-state index contributed by atoms with van der Waals surface area (Å²) in [6.07, 6.45) is -2.78. The van der Waals surface area contributed by atoms with E-state index in [1.54, 1.807) is 9.80 Å². The summed E-state index contributed by atoms with van der Waals surface area (Å²) in [6.45, 7) is 3.23. The van der Waals surface area contributed by atoms with Crippen LogP contribution in [0.3, 0.4) is 0 Å². The highest BCUT2D eigenvalue weighted by atomic mass is 19.4. The molecule has 3 aliphatic heterocycles. The largest absolute Gasteiger partial charge is 0.449 e. The van der Waals surface area contributed by atoms with E-state index in [0.717, 1.165) is 12.8 Å². The van der Waals surface area contributed by atoms with Crippen LogP contribution in [0.15, 0.2) is 18.2 Å². The second-order valence-corrected chi connectivity index (χ2v) is 7.29. The Morgan fingerprint density at radius 2 is 1.96 bits per heavy atom. The fraction of sp³-hybridized carbons (Fsp3) is 0.500. The molecule has 3 saturated heterocycles. The van der Waals surface area contributed by atoms with E-state index in [1.165, 1.54) is 25.1 Å². The van der Waals surface area contributed by atoms with E-state index in [0.29, 0.717) is 25.2 Å². The minimum absolute atomic E-state index is 0.000224. The van der Waals surface area contributed by atoms with Crippen LogP contribution in [-0.2, 0) is 11.0 Å². The molecule has 2 bridgehead atoms. The van der Waals surface area contributed by atoms with Gasteiger partial charge in [-0.3, -0.25) is 9.59 Å². The molecule has 144 valence electrons. The standard InChI is InChI=1S/C18H19F3N4O2/c1-10(26)24-7-11-2-4-13(9-24)25(8-11)16(27)12-3-5-14-15(6-12)23-17(22-14)18(19,20)21/h3,5-6,11,13H,2,4,7-9H2,1H3,(H,22,23)/t11-,13+/m1/s1. The van der Waals surface area contributed by atoms with Gasteiger partial charge in [0, 0.05) is 38.2 Å². The Kier molecular flexibility index (Phi) is 4.12. The molecule has 9 heteroatoms. The maximum atomic E-state index is 13.0. The Balaban J connectivity index is 1.62. The maximum absolute atomic E-state index is 13.0. The number of piperidine rings is 1. The number of nitrogens with one attached hydrogen (secondary N) is 1. The van der Waals surface area contributed by atoms with Crippen LogP contribution in [-0.4, -0.2) is 57.3 Å². The Labute approximate surface area is 153 Å². The number of hydrogen-bond donors (Lipinski definition) is 1. The van der Waals surface area contributed by atoms with E-state index in [1.807, 2.05) is 0 Å². The van der Waals surface area contributed by atoms with Gasteiger partial charge in [-0.05, 0) is 37.0 Å². The Morgan fingerprint density at radius 1 is 1.19 bits per heavy atom. The van der Waals surface area contributed by atoms with Gasteiger partial charge in [0.1, 0.15) is 0 Å². The second-order valence-electron chi connectivity index (χ2n) is 7.29. The molecule has 2 amide bonds. The third kappa shape index (κ3) is 3.26. The number of fused-ring (bicyclic) bond motifs is 5. The van der Waals surface area contributed by atoms with Crippen molar-refractivity contribution in [1.29, 1.82) is 0 Å². The zero-order chi connectivity index (χ0) is 19.3. The Morgan fingerprint density at radius 3 is 2.67 bits per heavy atom. The van der Waals surface area contributed by atoms with E-state index in [4.69, 9.17) is 0 Å². The lowest BCUT2D eigenvalue weighted by molar-refractivity contribution is -0.144. The number of carbonyl (C=O) groups excluding carboxylic acids is 2. The van der Waals surface area contributed by atoms with Crippen LogP contribution in [0.1, 0.15) is 35.9 Å². The number of alkyl halides is 3. The third-order valence-corrected chi connectivity index (χ3v) is 5.42. The van der Waals surface area contributed by atoms with Crippen LogP contribution in [0.25, 0.3) is 11.0 Å². The van der Waals surface area contributed by atoms with Crippen molar-refractivity contribution < 1.29 is 22.8 Å². The summed E-state index contributed by atoms with van der Waals surface area (Å²) in [6, 6.07) is 4.28. The fourth-order valence-electron chi connectivity index (χ4n) is 4.03. The lowest BCUT2D eigenvalue weighted by Crippen LogP contribution is -2.47. The molecule has 27 heavy (non-hydrogen) atoms. The number of benzene rings is 1. The summed E-state index contributed by atoms with van der Waals surface area (Å²) in [5, 5.41) is 0. The lowest BCUT2D eigenvalue weighted by Gasteiger charge is -2.36. The monoisotopic (exact) mass is 380 g/mol. The van der Waals surface area contributed by atoms with Crippen LogP contribution in [0, 0.1) is 5.92 Å². The van der Waals surface area contributed by atoms with Gasteiger partial charge in [0.05, 0.1) is 11.0 Å². The van der Waals surface area contributed by atoms with E-state index < -0.39 is 12.0 Å². The summed E-state index contributed by atoms with van der Waals surface area (Å²) in [7, 11) is 0. The van der Waals surface area contributed by atoms with Crippen molar-refractivity contribution in [2.75, 3.05) is 19.6 Å². The summed E-state index contributed by atoms with van der Waals surface area (Å²) in [4.78, 5) is 34.1. The summed E-state index contributed by atoms with van der Waals surface area (Å²) >= 11 is 0. The van der Waals surface area contributed by atoms with Crippen LogP contribution >= 0.6 is 0 Å².